The van der Waals surface area contributed by atoms with E-state index in [1.165, 1.54) is 18.7 Å². The summed E-state index contributed by atoms with van der Waals surface area (Å²) in [6, 6.07) is 15.8. The van der Waals surface area contributed by atoms with E-state index in [-0.39, 0.29) is 17.4 Å². The molecule has 4 aromatic rings. The Bertz CT molecular complexity index is 1320. The molecule has 0 aliphatic rings. The van der Waals surface area contributed by atoms with Crippen molar-refractivity contribution in [2.24, 2.45) is 0 Å². The molecule has 0 spiro atoms. The highest BCUT2D eigenvalue weighted by atomic mass is 32.2. The maximum Gasteiger partial charge on any atom is 0.234 e. The first-order valence-corrected chi connectivity index (χ1v) is 11.0. The fourth-order valence-electron chi connectivity index (χ4n) is 3.13. The predicted molar refractivity (Wildman–Crippen MR) is 125 cm³/mol. The van der Waals surface area contributed by atoms with Gasteiger partial charge in [0.2, 0.25) is 5.91 Å². The normalized spacial score (nSPS) is 10.8. The Kier molecular flexibility index (Phi) is 6.55. The molecule has 33 heavy (non-hydrogen) atoms. The Morgan fingerprint density at radius 1 is 0.970 bits per heavy atom. The summed E-state index contributed by atoms with van der Waals surface area (Å²) in [5, 5.41) is 16.5. The van der Waals surface area contributed by atoms with Crippen molar-refractivity contribution >= 4 is 34.8 Å². The molecule has 1 N–H and O–H groups in total. The van der Waals surface area contributed by atoms with Gasteiger partial charge in [-0.3, -0.25) is 9.59 Å². The van der Waals surface area contributed by atoms with Gasteiger partial charge in [-0.05, 0) is 61.5 Å². The van der Waals surface area contributed by atoms with E-state index in [2.05, 4.69) is 20.6 Å². The third-order valence-electron chi connectivity index (χ3n) is 4.81. The monoisotopic (exact) mass is 463 g/mol. The molecular formula is C23H21N5O4S. The first kappa shape index (κ1) is 22.3. The average Bonchev–Trinajstić information content (AvgIpc) is 3.26. The molecule has 0 atom stereocenters. The second-order valence-electron chi connectivity index (χ2n) is 7.01. The van der Waals surface area contributed by atoms with E-state index in [9.17, 15) is 9.59 Å². The fraction of sp³-hybridized carbons (Fsp3) is 0.174. The molecular weight excluding hydrogens is 442 g/mol. The Balaban J connectivity index is 1.48. The molecule has 0 unspecified atom stereocenters. The van der Waals surface area contributed by atoms with Crippen LogP contribution in [0.2, 0.25) is 0 Å². The minimum Gasteiger partial charge on any atom is -0.493 e. The number of methoxy groups -OCH3 is 2. The zero-order chi connectivity index (χ0) is 23.4. The van der Waals surface area contributed by atoms with Gasteiger partial charge in [-0.2, -0.15) is 9.61 Å². The van der Waals surface area contributed by atoms with Crippen molar-refractivity contribution in [2.45, 2.75) is 11.9 Å². The summed E-state index contributed by atoms with van der Waals surface area (Å²) in [4.78, 5) is 23.7. The lowest BCUT2D eigenvalue weighted by Gasteiger charge is -2.09. The Morgan fingerprint density at radius 3 is 2.42 bits per heavy atom. The van der Waals surface area contributed by atoms with Gasteiger partial charge in [-0.1, -0.05) is 11.8 Å². The Labute approximate surface area is 194 Å². The number of carbonyl (C=O) groups is 2. The largest absolute Gasteiger partial charge is 0.493 e. The number of carbonyl (C=O) groups excluding carboxylic acids is 2. The van der Waals surface area contributed by atoms with Crippen LogP contribution < -0.4 is 14.8 Å². The summed E-state index contributed by atoms with van der Waals surface area (Å²) in [7, 11) is 3.14. The summed E-state index contributed by atoms with van der Waals surface area (Å²) in [5.74, 6) is 1.70. The van der Waals surface area contributed by atoms with E-state index in [1.807, 2.05) is 12.1 Å². The molecule has 0 fully saturated rings. The molecule has 0 saturated carbocycles. The Hall–Kier alpha value is -3.92. The second-order valence-corrected chi connectivity index (χ2v) is 8.00. The smallest absolute Gasteiger partial charge is 0.234 e. The molecule has 0 radical (unpaired) electrons. The minimum absolute atomic E-state index is 0.0219. The summed E-state index contributed by atoms with van der Waals surface area (Å²) in [6.07, 6.45) is 0. The van der Waals surface area contributed by atoms with Gasteiger partial charge in [0.1, 0.15) is 5.03 Å². The van der Waals surface area contributed by atoms with Crippen LogP contribution in [0.5, 0.6) is 11.5 Å². The number of fused-ring (bicyclic) bond motifs is 1. The van der Waals surface area contributed by atoms with Gasteiger partial charge in [0, 0.05) is 16.8 Å². The quantitative estimate of drug-likeness (QED) is 0.311. The summed E-state index contributed by atoms with van der Waals surface area (Å²) in [5.41, 5.74) is 2.57. The van der Waals surface area contributed by atoms with Crippen LogP contribution in [0.15, 0.2) is 59.6 Å². The maximum absolute atomic E-state index is 12.4. The molecule has 2 heterocycles. The second kappa shape index (κ2) is 9.70. The molecule has 0 aliphatic heterocycles. The van der Waals surface area contributed by atoms with Gasteiger partial charge in [0.25, 0.3) is 0 Å². The van der Waals surface area contributed by atoms with E-state index in [1.54, 1.807) is 61.2 Å². The number of anilines is 1. The lowest BCUT2D eigenvalue weighted by atomic mass is 10.1. The van der Waals surface area contributed by atoms with Crippen molar-refractivity contribution < 1.29 is 19.1 Å². The molecule has 0 saturated heterocycles. The maximum atomic E-state index is 12.4. The number of ether oxygens (including phenoxy) is 2. The van der Waals surface area contributed by atoms with Gasteiger partial charge in [-0.15, -0.1) is 10.2 Å². The van der Waals surface area contributed by atoms with E-state index < -0.39 is 0 Å². The highest BCUT2D eigenvalue weighted by molar-refractivity contribution is 7.99. The fourth-order valence-corrected chi connectivity index (χ4v) is 3.78. The topological polar surface area (TPSA) is 108 Å². The summed E-state index contributed by atoms with van der Waals surface area (Å²) in [6.45, 7) is 1.50. The van der Waals surface area contributed by atoms with Crippen LogP contribution in [0.25, 0.3) is 17.0 Å². The molecule has 2 aromatic heterocycles. The number of hydrogen-bond donors (Lipinski definition) is 1. The van der Waals surface area contributed by atoms with Crippen molar-refractivity contribution in [1.82, 2.24) is 19.8 Å². The molecule has 168 valence electrons. The number of Topliss-reactive ketones (excluding diaryl/α,β-unsaturated/α-hetero) is 1. The number of ketones is 1. The number of nitrogens with zero attached hydrogens (tertiary/aromatic N) is 4. The number of aromatic nitrogens is 4. The van der Waals surface area contributed by atoms with Gasteiger partial charge < -0.3 is 14.8 Å². The molecule has 0 bridgehead atoms. The van der Waals surface area contributed by atoms with E-state index >= 15 is 0 Å². The van der Waals surface area contributed by atoms with Crippen molar-refractivity contribution in [3.05, 3.63) is 60.2 Å². The van der Waals surface area contributed by atoms with Crippen molar-refractivity contribution in [3.63, 3.8) is 0 Å². The van der Waals surface area contributed by atoms with Crippen LogP contribution in [0.3, 0.4) is 0 Å². The number of hydrogen-bond acceptors (Lipinski definition) is 8. The first-order chi connectivity index (χ1) is 16.0. The van der Waals surface area contributed by atoms with Crippen LogP contribution in [-0.4, -0.2) is 51.5 Å². The zero-order valence-corrected chi connectivity index (χ0v) is 19.0. The Morgan fingerprint density at radius 2 is 1.73 bits per heavy atom. The van der Waals surface area contributed by atoms with Crippen molar-refractivity contribution in [1.29, 1.82) is 0 Å². The van der Waals surface area contributed by atoms with Crippen LogP contribution in [-0.2, 0) is 4.79 Å². The number of nitrogens with one attached hydrogen (secondary N) is 1. The summed E-state index contributed by atoms with van der Waals surface area (Å²) >= 11 is 1.29. The number of amides is 1. The van der Waals surface area contributed by atoms with Crippen molar-refractivity contribution in [2.75, 3.05) is 25.3 Å². The number of thioether (sulfide) groups is 1. The van der Waals surface area contributed by atoms with Crippen LogP contribution >= 0.6 is 11.8 Å². The number of benzene rings is 2. The molecule has 4 rings (SSSR count). The van der Waals surface area contributed by atoms with Gasteiger partial charge in [-0.25, -0.2) is 0 Å². The highest BCUT2D eigenvalue weighted by Gasteiger charge is 2.14. The third-order valence-corrected chi connectivity index (χ3v) is 5.73. The van der Waals surface area contributed by atoms with Gasteiger partial charge in [0.15, 0.2) is 28.8 Å². The van der Waals surface area contributed by atoms with Gasteiger partial charge in [0.05, 0.1) is 20.0 Å². The van der Waals surface area contributed by atoms with Crippen LogP contribution in [0.1, 0.15) is 17.3 Å². The third kappa shape index (κ3) is 4.96. The molecule has 1 amide bonds. The van der Waals surface area contributed by atoms with Crippen molar-refractivity contribution in [3.8, 4) is 22.9 Å². The lowest BCUT2D eigenvalue weighted by molar-refractivity contribution is -0.113. The van der Waals surface area contributed by atoms with E-state index in [0.29, 0.717) is 39.2 Å². The molecule has 2 aromatic carbocycles. The zero-order valence-electron chi connectivity index (χ0n) is 18.2. The molecule has 0 aliphatic carbocycles. The van der Waals surface area contributed by atoms with E-state index in [4.69, 9.17) is 9.47 Å². The predicted octanol–water partition coefficient (Wildman–Crippen LogP) is 3.74. The van der Waals surface area contributed by atoms with E-state index in [0.717, 1.165) is 5.56 Å². The SMILES string of the molecule is COc1ccc(-c2nnc3ccc(SCC(=O)Nc4ccc(C(C)=O)cc4)nn23)cc1OC. The minimum atomic E-state index is -0.179. The standard InChI is InChI=1S/C23H21N5O4S/c1-14(29)15-4-7-17(8-5-15)24-21(30)13-33-22-11-10-20-25-26-23(28(20)27-22)16-6-9-18(31-2)19(12-16)32-3/h4-12H,13H2,1-3H3,(H,24,30). The summed E-state index contributed by atoms with van der Waals surface area (Å²) < 4.78 is 12.3. The highest BCUT2D eigenvalue weighted by Crippen LogP contribution is 2.31. The lowest BCUT2D eigenvalue weighted by Crippen LogP contribution is -2.14. The van der Waals surface area contributed by atoms with Gasteiger partial charge >= 0.3 is 0 Å². The number of rotatable bonds is 8. The first-order valence-electron chi connectivity index (χ1n) is 9.97. The molecule has 10 heteroatoms. The van der Waals surface area contributed by atoms with Crippen LogP contribution in [0, 0.1) is 0 Å². The van der Waals surface area contributed by atoms with Crippen LogP contribution in [0.4, 0.5) is 5.69 Å². The average molecular weight is 464 g/mol. The molecule has 9 nitrogen and oxygen atoms in total.